The SMILES string of the molecule is CC(C)C(C)OC(=O)c1cccc(N)c1Br. The smallest absolute Gasteiger partial charge is 0.339 e. The van der Waals surface area contributed by atoms with Crippen LogP contribution in [0.25, 0.3) is 0 Å². The highest BCUT2D eigenvalue weighted by Crippen LogP contribution is 2.25. The fourth-order valence-corrected chi connectivity index (χ4v) is 1.50. The molecule has 1 rings (SSSR count). The Morgan fingerprint density at radius 2 is 2.00 bits per heavy atom. The van der Waals surface area contributed by atoms with Crippen LogP contribution >= 0.6 is 15.9 Å². The summed E-state index contributed by atoms with van der Waals surface area (Å²) >= 11 is 3.28. The summed E-state index contributed by atoms with van der Waals surface area (Å²) in [4.78, 5) is 11.8. The van der Waals surface area contributed by atoms with Crippen LogP contribution < -0.4 is 5.73 Å². The first-order valence-corrected chi connectivity index (χ1v) is 5.97. The van der Waals surface area contributed by atoms with E-state index >= 15 is 0 Å². The van der Waals surface area contributed by atoms with E-state index in [-0.39, 0.29) is 12.1 Å². The second kappa shape index (κ2) is 5.34. The molecular formula is C12H16BrNO2. The van der Waals surface area contributed by atoms with Gasteiger partial charge in [0.15, 0.2) is 0 Å². The first-order chi connectivity index (χ1) is 7.43. The molecule has 0 amide bonds. The van der Waals surface area contributed by atoms with Crippen molar-refractivity contribution in [3.8, 4) is 0 Å². The Labute approximate surface area is 104 Å². The second-order valence-corrected chi connectivity index (χ2v) is 4.86. The van der Waals surface area contributed by atoms with Gasteiger partial charge in [-0.1, -0.05) is 19.9 Å². The van der Waals surface area contributed by atoms with E-state index < -0.39 is 0 Å². The first kappa shape index (κ1) is 13.0. The number of ether oxygens (including phenoxy) is 1. The van der Waals surface area contributed by atoms with Crippen molar-refractivity contribution >= 4 is 27.6 Å². The summed E-state index contributed by atoms with van der Waals surface area (Å²) < 4.78 is 5.90. The van der Waals surface area contributed by atoms with Gasteiger partial charge in [0, 0.05) is 5.69 Å². The number of nitrogens with two attached hydrogens (primary N) is 1. The van der Waals surface area contributed by atoms with Gasteiger partial charge in [-0.25, -0.2) is 4.79 Å². The van der Waals surface area contributed by atoms with E-state index in [1.54, 1.807) is 18.2 Å². The number of anilines is 1. The van der Waals surface area contributed by atoms with E-state index in [9.17, 15) is 4.79 Å². The van der Waals surface area contributed by atoms with Crippen molar-refractivity contribution in [1.29, 1.82) is 0 Å². The van der Waals surface area contributed by atoms with Crippen LogP contribution in [0.3, 0.4) is 0 Å². The number of nitrogen functional groups attached to an aromatic ring is 1. The molecule has 0 saturated heterocycles. The van der Waals surface area contributed by atoms with Crippen LogP contribution in [0.4, 0.5) is 5.69 Å². The van der Waals surface area contributed by atoms with Crippen molar-refractivity contribution in [1.82, 2.24) is 0 Å². The fraction of sp³-hybridized carbons (Fsp3) is 0.417. The third-order valence-corrected chi connectivity index (χ3v) is 3.37. The molecule has 16 heavy (non-hydrogen) atoms. The monoisotopic (exact) mass is 285 g/mol. The van der Waals surface area contributed by atoms with Gasteiger partial charge in [-0.15, -0.1) is 0 Å². The first-order valence-electron chi connectivity index (χ1n) is 5.18. The number of carbonyl (C=O) groups is 1. The molecule has 0 heterocycles. The molecule has 1 aromatic rings. The predicted molar refractivity (Wildman–Crippen MR) is 68.3 cm³/mol. The van der Waals surface area contributed by atoms with Gasteiger partial charge in [-0.05, 0) is 40.9 Å². The zero-order valence-electron chi connectivity index (χ0n) is 9.66. The standard InChI is InChI=1S/C12H16BrNO2/c1-7(2)8(3)16-12(15)9-5-4-6-10(14)11(9)13/h4-8H,14H2,1-3H3. The molecule has 1 atom stereocenters. The van der Waals surface area contributed by atoms with Gasteiger partial charge in [0.25, 0.3) is 0 Å². The normalized spacial score (nSPS) is 12.6. The number of hydrogen-bond acceptors (Lipinski definition) is 3. The van der Waals surface area contributed by atoms with E-state index in [1.807, 2.05) is 20.8 Å². The van der Waals surface area contributed by atoms with Gasteiger partial charge in [0.1, 0.15) is 6.10 Å². The highest BCUT2D eigenvalue weighted by molar-refractivity contribution is 9.10. The van der Waals surface area contributed by atoms with Crippen LogP contribution in [0, 0.1) is 5.92 Å². The average Bonchev–Trinajstić information content (AvgIpc) is 2.21. The largest absolute Gasteiger partial charge is 0.459 e. The molecular weight excluding hydrogens is 270 g/mol. The molecule has 0 aliphatic carbocycles. The van der Waals surface area contributed by atoms with Crippen molar-refractivity contribution in [2.75, 3.05) is 5.73 Å². The molecule has 0 aliphatic rings. The van der Waals surface area contributed by atoms with Crippen LogP contribution in [0.5, 0.6) is 0 Å². The molecule has 2 N–H and O–H groups in total. The fourth-order valence-electron chi connectivity index (χ4n) is 1.08. The maximum atomic E-state index is 11.8. The number of rotatable bonds is 3. The lowest BCUT2D eigenvalue weighted by Gasteiger charge is -2.17. The van der Waals surface area contributed by atoms with Crippen molar-refractivity contribution in [2.24, 2.45) is 5.92 Å². The minimum atomic E-state index is -0.347. The van der Waals surface area contributed by atoms with Crippen LogP contribution in [-0.2, 0) is 4.74 Å². The number of esters is 1. The molecule has 0 spiro atoms. The Bertz CT molecular complexity index is 391. The zero-order chi connectivity index (χ0) is 12.3. The van der Waals surface area contributed by atoms with Gasteiger partial charge < -0.3 is 10.5 Å². The Kier molecular flexibility index (Phi) is 4.35. The molecule has 0 saturated carbocycles. The molecule has 4 heteroatoms. The molecule has 0 aromatic heterocycles. The van der Waals surface area contributed by atoms with Crippen LogP contribution in [-0.4, -0.2) is 12.1 Å². The van der Waals surface area contributed by atoms with E-state index in [0.29, 0.717) is 21.6 Å². The molecule has 0 aliphatic heterocycles. The molecule has 1 aromatic carbocycles. The van der Waals surface area contributed by atoms with E-state index in [1.165, 1.54) is 0 Å². The lowest BCUT2D eigenvalue weighted by Crippen LogP contribution is -2.20. The third kappa shape index (κ3) is 2.98. The maximum absolute atomic E-state index is 11.8. The number of hydrogen-bond donors (Lipinski definition) is 1. The summed E-state index contributed by atoms with van der Waals surface area (Å²) in [5.41, 5.74) is 6.69. The van der Waals surface area contributed by atoms with E-state index in [4.69, 9.17) is 10.5 Å². The Hall–Kier alpha value is -1.03. The van der Waals surface area contributed by atoms with Crippen molar-refractivity contribution in [3.05, 3.63) is 28.2 Å². The Balaban J connectivity index is 2.85. The summed E-state index contributed by atoms with van der Waals surface area (Å²) in [7, 11) is 0. The molecule has 0 fully saturated rings. The van der Waals surface area contributed by atoms with Gasteiger partial charge in [0.2, 0.25) is 0 Å². The topological polar surface area (TPSA) is 52.3 Å². The van der Waals surface area contributed by atoms with Crippen molar-refractivity contribution in [2.45, 2.75) is 26.9 Å². The minimum Gasteiger partial charge on any atom is -0.459 e. The van der Waals surface area contributed by atoms with Crippen LogP contribution in [0.1, 0.15) is 31.1 Å². The predicted octanol–water partition coefficient (Wildman–Crippen LogP) is 3.23. The van der Waals surface area contributed by atoms with Crippen molar-refractivity contribution < 1.29 is 9.53 Å². The van der Waals surface area contributed by atoms with E-state index in [0.717, 1.165) is 0 Å². The summed E-state index contributed by atoms with van der Waals surface area (Å²) in [6.45, 7) is 5.89. The summed E-state index contributed by atoms with van der Waals surface area (Å²) in [6.07, 6.45) is -0.110. The minimum absolute atomic E-state index is 0.110. The van der Waals surface area contributed by atoms with E-state index in [2.05, 4.69) is 15.9 Å². The molecule has 0 bridgehead atoms. The van der Waals surface area contributed by atoms with Gasteiger partial charge >= 0.3 is 5.97 Å². The van der Waals surface area contributed by atoms with Gasteiger partial charge in [-0.2, -0.15) is 0 Å². The maximum Gasteiger partial charge on any atom is 0.339 e. The number of benzene rings is 1. The van der Waals surface area contributed by atoms with Crippen LogP contribution in [0.15, 0.2) is 22.7 Å². The lowest BCUT2D eigenvalue weighted by molar-refractivity contribution is 0.0237. The molecule has 88 valence electrons. The zero-order valence-corrected chi connectivity index (χ0v) is 11.2. The van der Waals surface area contributed by atoms with Gasteiger partial charge in [-0.3, -0.25) is 0 Å². The second-order valence-electron chi connectivity index (χ2n) is 4.06. The Morgan fingerprint density at radius 3 is 2.56 bits per heavy atom. The molecule has 1 unspecified atom stereocenters. The average molecular weight is 286 g/mol. The van der Waals surface area contributed by atoms with Crippen molar-refractivity contribution in [3.63, 3.8) is 0 Å². The number of carbonyl (C=O) groups excluding carboxylic acids is 1. The quantitative estimate of drug-likeness (QED) is 0.685. The highest BCUT2D eigenvalue weighted by atomic mass is 79.9. The lowest BCUT2D eigenvalue weighted by atomic mass is 10.1. The Morgan fingerprint density at radius 1 is 1.38 bits per heavy atom. The molecule has 3 nitrogen and oxygen atoms in total. The summed E-state index contributed by atoms with van der Waals surface area (Å²) in [6, 6.07) is 5.15. The summed E-state index contributed by atoms with van der Waals surface area (Å²) in [5.74, 6) is -0.0517. The van der Waals surface area contributed by atoms with Crippen LogP contribution in [0.2, 0.25) is 0 Å². The number of halogens is 1. The summed E-state index contributed by atoms with van der Waals surface area (Å²) in [5, 5.41) is 0. The highest BCUT2D eigenvalue weighted by Gasteiger charge is 2.17. The van der Waals surface area contributed by atoms with Gasteiger partial charge in [0.05, 0.1) is 10.0 Å². The molecule has 0 radical (unpaired) electrons. The third-order valence-electron chi connectivity index (χ3n) is 2.48.